The van der Waals surface area contributed by atoms with E-state index in [1.165, 1.54) is 0 Å². The fourth-order valence-corrected chi connectivity index (χ4v) is 3.94. The van der Waals surface area contributed by atoms with Gasteiger partial charge in [-0.15, -0.1) is 0 Å². The molecule has 112 valence electrons. The van der Waals surface area contributed by atoms with Gasteiger partial charge in [0.15, 0.2) is 0 Å². The van der Waals surface area contributed by atoms with Crippen LogP contribution in [0.2, 0.25) is 0 Å². The molecule has 0 radical (unpaired) electrons. The Bertz CT molecular complexity index is 557. The van der Waals surface area contributed by atoms with Crippen molar-refractivity contribution < 1.29 is 8.42 Å². The average Bonchev–Trinajstić information content (AvgIpc) is 2.41. The van der Waals surface area contributed by atoms with E-state index in [0.29, 0.717) is 12.2 Å². The minimum atomic E-state index is -3.31. The van der Waals surface area contributed by atoms with E-state index in [0.717, 1.165) is 36.2 Å². The Balaban J connectivity index is 1.93. The third kappa shape index (κ3) is 4.73. The normalized spacial score (nSPS) is 17.1. The molecule has 0 aromatic heterocycles. The summed E-state index contributed by atoms with van der Waals surface area (Å²) in [7, 11) is -3.31. The van der Waals surface area contributed by atoms with Crippen molar-refractivity contribution in [2.45, 2.75) is 6.92 Å². The first-order chi connectivity index (χ1) is 9.46. The highest BCUT2D eigenvalue weighted by molar-refractivity contribution is 9.10. The average molecular weight is 362 g/mol. The van der Waals surface area contributed by atoms with Crippen molar-refractivity contribution in [3.8, 4) is 0 Å². The van der Waals surface area contributed by atoms with Gasteiger partial charge in [0.1, 0.15) is 0 Å². The van der Waals surface area contributed by atoms with Crippen LogP contribution in [0.4, 0.5) is 5.69 Å². The van der Waals surface area contributed by atoms with Gasteiger partial charge in [-0.1, -0.05) is 6.07 Å². The molecule has 0 amide bonds. The summed E-state index contributed by atoms with van der Waals surface area (Å²) in [6, 6.07) is 5.56. The zero-order chi connectivity index (χ0) is 14.6. The monoisotopic (exact) mass is 361 g/mol. The second-order valence-corrected chi connectivity index (χ2v) is 7.69. The highest BCUT2D eigenvalue weighted by Gasteiger charge is 2.16. The van der Waals surface area contributed by atoms with Crippen LogP contribution < -0.4 is 10.0 Å². The van der Waals surface area contributed by atoms with Crippen LogP contribution in [0.3, 0.4) is 0 Å². The largest absolute Gasteiger partial charge is 0.314 e. The molecule has 2 N–H and O–H groups in total. The number of piperazine rings is 1. The van der Waals surface area contributed by atoms with Gasteiger partial charge in [0.25, 0.3) is 0 Å². The quantitative estimate of drug-likeness (QED) is 0.832. The summed E-state index contributed by atoms with van der Waals surface area (Å²) in [5, 5.41) is 3.25. The number of nitrogens with one attached hydrogen (secondary N) is 2. The Hall–Kier alpha value is -0.630. The zero-order valence-corrected chi connectivity index (χ0v) is 13.9. The Morgan fingerprint density at radius 2 is 2.05 bits per heavy atom. The van der Waals surface area contributed by atoms with Crippen LogP contribution in [-0.2, 0) is 10.0 Å². The van der Waals surface area contributed by atoms with E-state index in [9.17, 15) is 8.42 Å². The third-order valence-corrected chi connectivity index (χ3v) is 5.18. The molecule has 1 aliphatic heterocycles. The molecular formula is C13H20BrN3O2S. The Labute approximate surface area is 128 Å². The molecule has 1 saturated heterocycles. The summed E-state index contributed by atoms with van der Waals surface area (Å²) >= 11 is 3.38. The minimum Gasteiger partial charge on any atom is -0.314 e. The van der Waals surface area contributed by atoms with Gasteiger partial charge in [0.05, 0.1) is 11.4 Å². The molecule has 20 heavy (non-hydrogen) atoms. The van der Waals surface area contributed by atoms with E-state index in [1.54, 1.807) is 6.07 Å². The molecule has 1 aromatic carbocycles. The van der Waals surface area contributed by atoms with Gasteiger partial charge in [0, 0.05) is 37.2 Å². The van der Waals surface area contributed by atoms with Crippen molar-refractivity contribution in [2.24, 2.45) is 0 Å². The number of anilines is 1. The highest BCUT2D eigenvalue weighted by atomic mass is 79.9. The van der Waals surface area contributed by atoms with Crippen molar-refractivity contribution >= 4 is 31.6 Å². The fourth-order valence-electron chi connectivity index (χ4n) is 2.11. The molecule has 0 bridgehead atoms. The molecule has 1 aromatic rings. The van der Waals surface area contributed by atoms with Crippen molar-refractivity contribution in [3.63, 3.8) is 0 Å². The van der Waals surface area contributed by atoms with Crippen LogP contribution >= 0.6 is 15.9 Å². The molecule has 1 fully saturated rings. The summed E-state index contributed by atoms with van der Waals surface area (Å²) in [5.41, 5.74) is 1.68. The third-order valence-electron chi connectivity index (χ3n) is 3.28. The van der Waals surface area contributed by atoms with Crippen LogP contribution in [0.15, 0.2) is 22.7 Å². The number of aryl methyl sites for hydroxylation is 1. The molecular weight excluding hydrogens is 342 g/mol. The molecule has 0 spiro atoms. The summed E-state index contributed by atoms with van der Waals surface area (Å²) in [6.45, 7) is 6.20. The number of hydrogen-bond donors (Lipinski definition) is 2. The minimum absolute atomic E-state index is 0.118. The molecule has 0 saturated carbocycles. The first-order valence-electron chi connectivity index (χ1n) is 6.66. The number of halogens is 1. The summed E-state index contributed by atoms with van der Waals surface area (Å²) in [4.78, 5) is 2.17. The zero-order valence-electron chi connectivity index (χ0n) is 11.5. The summed E-state index contributed by atoms with van der Waals surface area (Å²) < 4.78 is 27.6. The van der Waals surface area contributed by atoms with E-state index >= 15 is 0 Å². The first kappa shape index (κ1) is 15.8. The van der Waals surface area contributed by atoms with E-state index < -0.39 is 10.0 Å². The SMILES string of the molecule is Cc1ccc(NS(=O)(=O)CCN2CCNCC2)c(Br)c1. The maximum atomic E-state index is 12.1. The second kappa shape index (κ2) is 6.89. The van der Waals surface area contributed by atoms with Gasteiger partial charge >= 0.3 is 0 Å². The molecule has 0 atom stereocenters. The lowest BCUT2D eigenvalue weighted by Gasteiger charge is -2.26. The topological polar surface area (TPSA) is 61.4 Å². The first-order valence-corrected chi connectivity index (χ1v) is 9.10. The van der Waals surface area contributed by atoms with E-state index in [2.05, 4.69) is 30.9 Å². The number of benzene rings is 1. The highest BCUT2D eigenvalue weighted by Crippen LogP contribution is 2.24. The van der Waals surface area contributed by atoms with Crippen LogP contribution in [-0.4, -0.2) is 51.8 Å². The van der Waals surface area contributed by atoms with Crippen molar-refractivity contribution in [3.05, 3.63) is 28.2 Å². The lowest BCUT2D eigenvalue weighted by molar-refractivity contribution is 0.254. The molecule has 1 heterocycles. The van der Waals surface area contributed by atoms with Crippen LogP contribution in [0.25, 0.3) is 0 Å². The molecule has 2 rings (SSSR count). The number of sulfonamides is 1. The van der Waals surface area contributed by atoms with Crippen LogP contribution in [0.1, 0.15) is 5.56 Å². The lowest BCUT2D eigenvalue weighted by atomic mass is 10.2. The summed E-state index contributed by atoms with van der Waals surface area (Å²) in [6.07, 6.45) is 0. The summed E-state index contributed by atoms with van der Waals surface area (Å²) in [5.74, 6) is 0.118. The molecule has 0 unspecified atom stereocenters. The Morgan fingerprint density at radius 3 is 2.70 bits per heavy atom. The molecule has 5 nitrogen and oxygen atoms in total. The van der Waals surface area contributed by atoms with Crippen molar-refractivity contribution in [2.75, 3.05) is 43.2 Å². The number of rotatable bonds is 5. The van der Waals surface area contributed by atoms with Gasteiger partial charge in [-0.3, -0.25) is 9.62 Å². The maximum Gasteiger partial charge on any atom is 0.234 e. The van der Waals surface area contributed by atoms with Crippen LogP contribution in [0, 0.1) is 6.92 Å². The predicted octanol–water partition coefficient (Wildman–Crippen LogP) is 1.40. The van der Waals surface area contributed by atoms with Gasteiger partial charge in [0.2, 0.25) is 10.0 Å². The predicted molar refractivity (Wildman–Crippen MR) is 85.6 cm³/mol. The molecule has 1 aliphatic rings. The van der Waals surface area contributed by atoms with Gasteiger partial charge in [-0.05, 0) is 40.5 Å². The van der Waals surface area contributed by atoms with E-state index in [1.807, 2.05) is 19.1 Å². The Kier molecular flexibility index (Phi) is 5.42. The van der Waals surface area contributed by atoms with Gasteiger partial charge < -0.3 is 5.32 Å². The molecule has 7 heteroatoms. The van der Waals surface area contributed by atoms with E-state index in [-0.39, 0.29) is 5.75 Å². The van der Waals surface area contributed by atoms with Gasteiger partial charge in [-0.25, -0.2) is 8.42 Å². The van der Waals surface area contributed by atoms with Crippen LogP contribution in [0.5, 0.6) is 0 Å². The lowest BCUT2D eigenvalue weighted by Crippen LogP contribution is -2.45. The fraction of sp³-hybridized carbons (Fsp3) is 0.538. The maximum absolute atomic E-state index is 12.1. The molecule has 0 aliphatic carbocycles. The number of hydrogen-bond acceptors (Lipinski definition) is 4. The second-order valence-electron chi connectivity index (χ2n) is 5.00. The van der Waals surface area contributed by atoms with Crippen molar-refractivity contribution in [1.29, 1.82) is 0 Å². The van der Waals surface area contributed by atoms with E-state index in [4.69, 9.17) is 0 Å². The smallest absolute Gasteiger partial charge is 0.234 e. The van der Waals surface area contributed by atoms with Gasteiger partial charge in [-0.2, -0.15) is 0 Å². The standard InChI is InChI=1S/C13H20BrN3O2S/c1-11-2-3-13(12(14)10-11)16-20(18,19)9-8-17-6-4-15-5-7-17/h2-3,10,15-16H,4-9H2,1H3. The number of nitrogens with zero attached hydrogens (tertiary/aromatic N) is 1. The van der Waals surface area contributed by atoms with Crippen molar-refractivity contribution in [1.82, 2.24) is 10.2 Å². The Morgan fingerprint density at radius 1 is 1.35 bits per heavy atom.